The molecule has 0 fully saturated rings. The fraction of sp³-hybridized carbons (Fsp3) is 0.267. The molecule has 8 nitrogen and oxygen atoms in total. The van der Waals surface area contributed by atoms with Gasteiger partial charge in [0.15, 0.2) is 5.92 Å². The average Bonchev–Trinajstić information content (AvgIpc) is 2.95. The minimum absolute atomic E-state index is 0.136. The highest BCUT2D eigenvalue weighted by atomic mass is 16.5. The molecule has 0 bridgehead atoms. The molecule has 198 valence electrons. The maximum atomic E-state index is 13.7. The summed E-state index contributed by atoms with van der Waals surface area (Å²) in [6.45, 7) is 1.39. The average molecular weight is 518 g/mol. The second-order valence-electron chi connectivity index (χ2n) is 8.95. The number of rotatable bonds is 11. The zero-order valence-electron chi connectivity index (χ0n) is 21.5. The van der Waals surface area contributed by atoms with Crippen LogP contribution in [0.4, 0.5) is 0 Å². The van der Waals surface area contributed by atoms with Crippen molar-refractivity contribution in [3.63, 3.8) is 0 Å². The molecule has 1 amide bonds. The van der Waals surface area contributed by atoms with Crippen molar-refractivity contribution in [2.75, 3.05) is 14.2 Å². The molecule has 2 N–H and O–H groups in total. The summed E-state index contributed by atoms with van der Waals surface area (Å²) in [5.41, 5.74) is 1.57. The number of carboxylic acid groups (broad SMARTS) is 1. The Bertz CT molecular complexity index is 1130. The molecule has 0 saturated heterocycles. The van der Waals surface area contributed by atoms with E-state index in [1.165, 1.54) is 6.92 Å². The van der Waals surface area contributed by atoms with Gasteiger partial charge in [-0.05, 0) is 16.7 Å². The van der Waals surface area contributed by atoms with Gasteiger partial charge in [-0.25, -0.2) is 4.79 Å². The Hall–Kier alpha value is -4.46. The van der Waals surface area contributed by atoms with Crippen LogP contribution in [0.1, 0.15) is 30.0 Å². The Labute approximate surface area is 221 Å². The van der Waals surface area contributed by atoms with E-state index in [9.17, 15) is 24.3 Å². The van der Waals surface area contributed by atoms with Crippen molar-refractivity contribution in [3.05, 3.63) is 108 Å². The van der Waals surface area contributed by atoms with E-state index < -0.39 is 47.1 Å². The summed E-state index contributed by atoms with van der Waals surface area (Å²) in [5, 5.41) is 12.5. The van der Waals surface area contributed by atoms with Gasteiger partial charge in [-0.2, -0.15) is 0 Å². The van der Waals surface area contributed by atoms with Gasteiger partial charge in [0, 0.05) is 12.3 Å². The van der Waals surface area contributed by atoms with E-state index in [-0.39, 0.29) is 6.42 Å². The molecule has 0 unspecified atom stereocenters. The maximum absolute atomic E-state index is 13.7. The van der Waals surface area contributed by atoms with Gasteiger partial charge >= 0.3 is 17.9 Å². The third-order valence-corrected chi connectivity index (χ3v) is 6.77. The second kappa shape index (κ2) is 12.7. The molecular weight excluding hydrogens is 486 g/mol. The first-order valence-corrected chi connectivity index (χ1v) is 12.1. The van der Waals surface area contributed by atoms with Crippen LogP contribution in [0.2, 0.25) is 0 Å². The minimum Gasteiger partial charge on any atom is -0.480 e. The molecule has 3 aromatic carbocycles. The summed E-state index contributed by atoms with van der Waals surface area (Å²) >= 11 is 0. The van der Waals surface area contributed by atoms with Gasteiger partial charge in [0.1, 0.15) is 6.04 Å². The number of carbonyl (C=O) groups is 4. The lowest BCUT2D eigenvalue weighted by atomic mass is 9.67. The number of esters is 2. The first-order chi connectivity index (χ1) is 18.3. The lowest BCUT2D eigenvalue weighted by Crippen LogP contribution is -2.51. The molecule has 0 aliphatic carbocycles. The maximum Gasteiger partial charge on any atom is 0.326 e. The molecule has 0 aliphatic rings. The van der Waals surface area contributed by atoms with Crippen LogP contribution in [0.15, 0.2) is 91.0 Å². The van der Waals surface area contributed by atoms with Crippen molar-refractivity contribution in [2.24, 2.45) is 11.8 Å². The summed E-state index contributed by atoms with van der Waals surface area (Å²) in [5.74, 6) is -6.55. The van der Waals surface area contributed by atoms with Gasteiger partial charge in [0.25, 0.3) is 0 Å². The summed E-state index contributed by atoms with van der Waals surface area (Å²) in [6.07, 6.45) is -0.136. The van der Waals surface area contributed by atoms with E-state index in [4.69, 9.17) is 9.47 Å². The predicted octanol–water partition coefficient (Wildman–Crippen LogP) is 3.58. The number of nitrogens with one attached hydrogen (secondary N) is 1. The third kappa shape index (κ3) is 5.91. The summed E-state index contributed by atoms with van der Waals surface area (Å²) in [6, 6.07) is 26.9. The van der Waals surface area contributed by atoms with Crippen LogP contribution >= 0.6 is 0 Å². The van der Waals surface area contributed by atoms with Crippen molar-refractivity contribution in [1.29, 1.82) is 0 Å². The highest BCUT2D eigenvalue weighted by Crippen LogP contribution is 2.42. The van der Waals surface area contributed by atoms with E-state index in [0.717, 1.165) is 30.9 Å². The van der Waals surface area contributed by atoms with Gasteiger partial charge in [0.2, 0.25) is 5.91 Å². The van der Waals surface area contributed by atoms with E-state index in [0.29, 0.717) is 0 Å². The molecule has 0 aromatic heterocycles. The quantitative estimate of drug-likeness (QED) is 0.227. The van der Waals surface area contributed by atoms with E-state index in [1.54, 1.807) is 0 Å². The lowest BCUT2D eigenvalue weighted by Gasteiger charge is -2.36. The van der Waals surface area contributed by atoms with Crippen molar-refractivity contribution in [2.45, 2.75) is 24.8 Å². The van der Waals surface area contributed by atoms with Crippen molar-refractivity contribution >= 4 is 23.8 Å². The number of carboxylic acids is 1. The minimum atomic E-state index is -1.56. The lowest BCUT2D eigenvalue weighted by molar-refractivity contribution is -0.163. The van der Waals surface area contributed by atoms with Gasteiger partial charge < -0.3 is 19.9 Å². The van der Waals surface area contributed by atoms with Crippen LogP contribution in [-0.4, -0.2) is 49.2 Å². The van der Waals surface area contributed by atoms with E-state index >= 15 is 0 Å². The molecule has 3 aromatic rings. The number of ether oxygens (including phenoxy) is 2. The highest BCUT2D eigenvalue weighted by Gasteiger charge is 2.44. The molecule has 0 heterocycles. The van der Waals surface area contributed by atoms with Crippen LogP contribution in [0.25, 0.3) is 0 Å². The Morgan fingerprint density at radius 3 is 1.42 bits per heavy atom. The van der Waals surface area contributed by atoms with Crippen LogP contribution in [0.3, 0.4) is 0 Å². The van der Waals surface area contributed by atoms with Crippen LogP contribution in [0.5, 0.6) is 0 Å². The van der Waals surface area contributed by atoms with Crippen molar-refractivity contribution in [1.82, 2.24) is 5.32 Å². The van der Waals surface area contributed by atoms with Crippen molar-refractivity contribution < 1.29 is 33.8 Å². The molecule has 3 rings (SSSR count). The number of methoxy groups -OCH3 is 2. The smallest absolute Gasteiger partial charge is 0.326 e. The molecule has 0 saturated carbocycles. The Kier molecular flexibility index (Phi) is 9.38. The van der Waals surface area contributed by atoms with Gasteiger partial charge in [0.05, 0.1) is 19.6 Å². The fourth-order valence-electron chi connectivity index (χ4n) is 4.83. The number of amides is 1. The monoisotopic (exact) mass is 517 g/mol. The van der Waals surface area contributed by atoms with Gasteiger partial charge in [-0.15, -0.1) is 0 Å². The molecule has 38 heavy (non-hydrogen) atoms. The standard InChI is InChI=1S/C30H31NO7/c1-20(25(28(35)37-2)29(36)38-3)26(27(33)34)31-24(32)19-30(21-13-7-4-8-14-21,22-15-9-5-10-16-22)23-17-11-6-12-18-23/h4-18,20,25-26H,19H2,1-3H3,(H,31,32)(H,33,34)/t20-,26-/m1/s1. The zero-order chi connectivity index (χ0) is 27.7. The summed E-state index contributed by atoms with van der Waals surface area (Å²) in [7, 11) is 2.18. The topological polar surface area (TPSA) is 119 Å². The molecular formula is C30H31NO7. The second-order valence-corrected chi connectivity index (χ2v) is 8.95. The Morgan fingerprint density at radius 1 is 0.737 bits per heavy atom. The van der Waals surface area contributed by atoms with E-state index in [1.807, 2.05) is 91.0 Å². The van der Waals surface area contributed by atoms with Crippen molar-refractivity contribution in [3.8, 4) is 0 Å². The SMILES string of the molecule is COC(=O)C(C(=O)OC)[C@@H](C)[C@@H](NC(=O)CC(c1ccccc1)(c1ccccc1)c1ccccc1)C(=O)O. The highest BCUT2D eigenvalue weighted by molar-refractivity contribution is 5.96. The first kappa shape index (κ1) is 28.1. The molecule has 0 radical (unpaired) electrons. The number of benzene rings is 3. The van der Waals surface area contributed by atoms with Crippen LogP contribution in [-0.2, 0) is 34.1 Å². The Morgan fingerprint density at radius 2 is 1.11 bits per heavy atom. The number of carbonyl (C=O) groups excluding carboxylic acids is 3. The van der Waals surface area contributed by atoms with Gasteiger partial charge in [-0.1, -0.05) is 97.9 Å². The number of hydrogen-bond acceptors (Lipinski definition) is 6. The van der Waals surface area contributed by atoms with E-state index in [2.05, 4.69) is 5.32 Å². The molecule has 2 atom stereocenters. The normalized spacial score (nSPS) is 12.7. The Balaban J connectivity index is 2.07. The first-order valence-electron chi connectivity index (χ1n) is 12.1. The largest absolute Gasteiger partial charge is 0.480 e. The zero-order valence-corrected chi connectivity index (χ0v) is 21.5. The fourth-order valence-corrected chi connectivity index (χ4v) is 4.83. The number of hydrogen-bond donors (Lipinski definition) is 2. The molecule has 0 aliphatic heterocycles. The van der Waals surface area contributed by atoms with Gasteiger partial charge in [-0.3, -0.25) is 14.4 Å². The predicted molar refractivity (Wildman–Crippen MR) is 140 cm³/mol. The number of aliphatic carboxylic acids is 1. The summed E-state index contributed by atoms with van der Waals surface area (Å²) < 4.78 is 9.40. The summed E-state index contributed by atoms with van der Waals surface area (Å²) in [4.78, 5) is 50.6. The third-order valence-electron chi connectivity index (χ3n) is 6.77. The molecule has 8 heteroatoms. The van der Waals surface area contributed by atoms with Crippen LogP contribution < -0.4 is 5.32 Å². The van der Waals surface area contributed by atoms with Crippen LogP contribution in [0, 0.1) is 11.8 Å². The molecule has 0 spiro atoms.